The Morgan fingerprint density at radius 1 is 1.11 bits per heavy atom. The molecule has 2 aromatic carbocycles. The monoisotopic (exact) mass is 383 g/mol. The fourth-order valence-corrected chi connectivity index (χ4v) is 3.97. The highest BCUT2D eigenvalue weighted by Gasteiger charge is 2.22. The van der Waals surface area contributed by atoms with E-state index in [2.05, 4.69) is 9.88 Å². The molecule has 4 rings (SSSR count). The summed E-state index contributed by atoms with van der Waals surface area (Å²) in [4.78, 5) is 19.5. The Morgan fingerprint density at radius 2 is 1.86 bits per heavy atom. The molecule has 1 aromatic heterocycles. The zero-order chi connectivity index (χ0) is 19.7. The van der Waals surface area contributed by atoms with Crippen LogP contribution in [0, 0.1) is 24.5 Å². The van der Waals surface area contributed by atoms with Crippen LogP contribution in [0.4, 0.5) is 8.78 Å². The first-order valence-corrected chi connectivity index (χ1v) is 9.64. The largest absolute Gasteiger partial charge is 0.299 e. The van der Waals surface area contributed by atoms with Crippen LogP contribution in [0.5, 0.6) is 0 Å². The number of hydrogen-bond donors (Lipinski definition) is 0. The molecule has 0 spiro atoms. The molecule has 0 amide bonds. The number of fused-ring (bicyclic) bond motifs is 1. The minimum absolute atomic E-state index is 0.115. The van der Waals surface area contributed by atoms with Gasteiger partial charge in [0.25, 0.3) is 5.56 Å². The summed E-state index contributed by atoms with van der Waals surface area (Å²) in [6.45, 7) is 4.76. The van der Waals surface area contributed by atoms with Gasteiger partial charge >= 0.3 is 0 Å². The quantitative estimate of drug-likeness (QED) is 0.686. The van der Waals surface area contributed by atoms with Crippen LogP contribution < -0.4 is 5.56 Å². The molecule has 1 saturated heterocycles. The van der Waals surface area contributed by atoms with Crippen molar-refractivity contribution in [2.75, 3.05) is 13.1 Å². The first-order chi connectivity index (χ1) is 13.5. The number of rotatable bonds is 4. The minimum atomic E-state index is -0.390. The van der Waals surface area contributed by atoms with E-state index in [0.717, 1.165) is 31.5 Å². The van der Waals surface area contributed by atoms with Gasteiger partial charge in [-0.15, -0.1) is 0 Å². The maximum atomic E-state index is 13.9. The van der Waals surface area contributed by atoms with Gasteiger partial charge in [0, 0.05) is 24.7 Å². The molecule has 1 aliphatic rings. The van der Waals surface area contributed by atoms with Crippen LogP contribution in [0.3, 0.4) is 0 Å². The van der Waals surface area contributed by atoms with Crippen molar-refractivity contribution in [3.63, 3.8) is 0 Å². The van der Waals surface area contributed by atoms with E-state index in [9.17, 15) is 13.6 Å². The number of aryl methyl sites for hydroxylation is 1. The van der Waals surface area contributed by atoms with Crippen molar-refractivity contribution in [1.82, 2.24) is 14.5 Å². The van der Waals surface area contributed by atoms with Crippen molar-refractivity contribution < 1.29 is 8.78 Å². The lowest BCUT2D eigenvalue weighted by molar-refractivity contribution is 0.164. The number of hydrogen-bond acceptors (Lipinski definition) is 3. The van der Waals surface area contributed by atoms with Crippen LogP contribution in [0.25, 0.3) is 10.9 Å². The molecule has 146 valence electrons. The fraction of sp³-hybridized carbons (Fsp3) is 0.364. The third-order valence-electron chi connectivity index (χ3n) is 5.61. The fourth-order valence-electron chi connectivity index (χ4n) is 3.97. The van der Waals surface area contributed by atoms with Crippen molar-refractivity contribution in [3.05, 3.63) is 75.8 Å². The number of piperidine rings is 1. The van der Waals surface area contributed by atoms with Crippen LogP contribution in [0.2, 0.25) is 0 Å². The van der Waals surface area contributed by atoms with E-state index in [1.165, 1.54) is 24.3 Å². The highest BCUT2D eigenvalue weighted by atomic mass is 19.1. The van der Waals surface area contributed by atoms with Crippen LogP contribution in [-0.2, 0) is 13.1 Å². The van der Waals surface area contributed by atoms with E-state index in [-0.39, 0.29) is 11.4 Å². The second kappa shape index (κ2) is 7.80. The predicted molar refractivity (Wildman–Crippen MR) is 105 cm³/mol. The number of nitrogens with zero attached hydrogens (tertiary/aromatic N) is 3. The van der Waals surface area contributed by atoms with E-state index in [4.69, 9.17) is 0 Å². The molecule has 1 fully saturated rings. The second-order valence-electron chi connectivity index (χ2n) is 7.55. The van der Waals surface area contributed by atoms with Gasteiger partial charge in [-0.25, -0.2) is 13.8 Å². The van der Waals surface area contributed by atoms with Gasteiger partial charge < -0.3 is 0 Å². The van der Waals surface area contributed by atoms with Crippen LogP contribution >= 0.6 is 0 Å². The third-order valence-corrected chi connectivity index (χ3v) is 5.61. The van der Waals surface area contributed by atoms with Crippen molar-refractivity contribution >= 4 is 10.9 Å². The summed E-state index contributed by atoms with van der Waals surface area (Å²) in [5.74, 6) is 0.425. The maximum Gasteiger partial charge on any atom is 0.261 e. The maximum absolute atomic E-state index is 13.9. The molecule has 0 radical (unpaired) electrons. The molecular weight excluding hydrogens is 360 g/mol. The SMILES string of the molecule is Cc1nc2cc(F)ccc2c(=O)n1CC1CCN(Cc2ccccc2F)CC1. The molecule has 0 atom stereocenters. The van der Waals surface area contributed by atoms with Gasteiger partial charge in [-0.1, -0.05) is 18.2 Å². The summed E-state index contributed by atoms with van der Waals surface area (Å²) in [6.07, 6.45) is 1.89. The Hall–Kier alpha value is -2.60. The van der Waals surface area contributed by atoms with Crippen molar-refractivity contribution in [3.8, 4) is 0 Å². The predicted octanol–water partition coefficient (Wildman–Crippen LogP) is 3.90. The van der Waals surface area contributed by atoms with Crippen molar-refractivity contribution in [1.29, 1.82) is 0 Å². The lowest BCUT2D eigenvalue weighted by atomic mass is 9.96. The first-order valence-electron chi connectivity index (χ1n) is 9.64. The van der Waals surface area contributed by atoms with E-state index in [0.29, 0.717) is 35.7 Å². The normalized spacial score (nSPS) is 16.0. The molecule has 0 unspecified atom stereocenters. The molecule has 0 N–H and O–H groups in total. The zero-order valence-electron chi connectivity index (χ0n) is 15.9. The van der Waals surface area contributed by atoms with Crippen LogP contribution in [0.15, 0.2) is 47.3 Å². The molecule has 2 heterocycles. The molecule has 0 saturated carbocycles. The molecular formula is C22H23F2N3O. The van der Waals surface area contributed by atoms with Gasteiger partial charge in [-0.3, -0.25) is 14.3 Å². The molecule has 0 aliphatic carbocycles. The van der Waals surface area contributed by atoms with E-state index >= 15 is 0 Å². The number of halogens is 2. The molecule has 6 heteroatoms. The topological polar surface area (TPSA) is 38.1 Å². The Morgan fingerprint density at radius 3 is 2.61 bits per heavy atom. The molecule has 4 nitrogen and oxygen atoms in total. The van der Waals surface area contributed by atoms with Crippen LogP contribution in [-0.4, -0.2) is 27.5 Å². The smallest absolute Gasteiger partial charge is 0.261 e. The Kier molecular flexibility index (Phi) is 5.22. The average Bonchev–Trinajstić information content (AvgIpc) is 2.68. The highest BCUT2D eigenvalue weighted by molar-refractivity contribution is 5.77. The van der Waals surface area contributed by atoms with Crippen LogP contribution in [0.1, 0.15) is 24.2 Å². The second-order valence-corrected chi connectivity index (χ2v) is 7.55. The lowest BCUT2D eigenvalue weighted by Crippen LogP contribution is -2.36. The molecule has 1 aliphatic heterocycles. The lowest BCUT2D eigenvalue weighted by Gasteiger charge is -2.32. The van der Waals surface area contributed by atoms with Crippen molar-refractivity contribution in [2.24, 2.45) is 5.92 Å². The Labute approximate surface area is 162 Å². The summed E-state index contributed by atoms with van der Waals surface area (Å²) in [5.41, 5.74) is 1.01. The minimum Gasteiger partial charge on any atom is -0.299 e. The number of aromatic nitrogens is 2. The van der Waals surface area contributed by atoms with Gasteiger partial charge in [-0.05, 0) is 57.0 Å². The molecule has 0 bridgehead atoms. The number of benzene rings is 2. The average molecular weight is 383 g/mol. The zero-order valence-corrected chi connectivity index (χ0v) is 15.9. The molecule has 28 heavy (non-hydrogen) atoms. The number of likely N-dealkylation sites (tertiary alicyclic amines) is 1. The third kappa shape index (κ3) is 3.83. The summed E-state index contributed by atoms with van der Waals surface area (Å²) < 4.78 is 29.0. The van der Waals surface area contributed by atoms with E-state index in [1.807, 2.05) is 12.1 Å². The van der Waals surface area contributed by atoms with Gasteiger partial charge in [0.15, 0.2) is 0 Å². The summed E-state index contributed by atoms with van der Waals surface area (Å²) >= 11 is 0. The first kappa shape index (κ1) is 18.7. The van der Waals surface area contributed by atoms with E-state index < -0.39 is 5.82 Å². The summed E-state index contributed by atoms with van der Waals surface area (Å²) in [5, 5.41) is 0.448. The highest BCUT2D eigenvalue weighted by Crippen LogP contribution is 2.22. The van der Waals surface area contributed by atoms with Crippen molar-refractivity contribution in [2.45, 2.75) is 32.9 Å². The van der Waals surface area contributed by atoms with Gasteiger partial charge in [0.05, 0.1) is 10.9 Å². The Balaban J connectivity index is 1.44. The van der Waals surface area contributed by atoms with Gasteiger partial charge in [-0.2, -0.15) is 0 Å². The van der Waals surface area contributed by atoms with E-state index in [1.54, 1.807) is 17.6 Å². The van der Waals surface area contributed by atoms with Gasteiger partial charge in [0.2, 0.25) is 0 Å². The Bertz CT molecular complexity index is 1060. The summed E-state index contributed by atoms with van der Waals surface area (Å²) in [7, 11) is 0. The van der Waals surface area contributed by atoms with Gasteiger partial charge in [0.1, 0.15) is 17.5 Å². The summed E-state index contributed by atoms with van der Waals surface area (Å²) in [6, 6.07) is 11.0. The molecule has 3 aromatic rings. The standard InChI is InChI=1S/C22H23F2N3O/c1-15-25-21-12-18(23)6-7-19(21)22(28)27(15)13-16-8-10-26(11-9-16)14-17-4-2-3-5-20(17)24/h2-7,12,16H,8-11,13-14H2,1H3.